The third kappa shape index (κ3) is 3.25. The number of aliphatic imine (C=N–C) groups is 1. The third-order valence-electron chi connectivity index (χ3n) is 6.70. The average Bonchev–Trinajstić information content (AvgIpc) is 3.33. The third-order valence-corrected chi connectivity index (χ3v) is 6.70. The van der Waals surface area contributed by atoms with E-state index in [-0.39, 0.29) is 0 Å². The largest absolute Gasteiger partial charge is 0.378 e. The van der Waals surface area contributed by atoms with E-state index in [9.17, 15) is 0 Å². The van der Waals surface area contributed by atoms with E-state index >= 15 is 0 Å². The molecule has 4 aromatic rings. The lowest BCUT2D eigenvalue weighted by atomic mass is 9.77. The van der Waals surface area contributed by atoms with Gasteiger partial charge in [0.25, 0.3) is 0 Å². The van der Waals surface area contributed by atoms with Crippen LogP contribution in [0.3, 0.4) is 0 Å². The van der Waals surface area contributed by atoms with Gasteiger partial charge in [-0.05, 0) is 52.4 Å². The minimum Gasteiger partial charge on any atom is -0.378 e. The van der Waals surface area contributed by atoms with Crippen molar-refractivity contribution in [2.75, 3.05) is 5.32 Å². The smallest absolute Gasteiger partial charge is 0.0630 e. The van der Waals surface area contributed by atoms with Gasteiger partial charge in [-0.25, -0.2) is 0 Å². The summed E-state index contributed by atoms with van der Waals surface area (Å²) in [5, 5.41) is 6.28. The van der Waals surface area contributed by atoms with Crippen molar-refractivity contribution in [1.29, 1.82) is 0 Å². The summed E-state index contributed by atoms with van der Waals surface area (Å²) < 4.78 is 0. The van der Waals surface area contributed by atoms with E-state index in [2.05, 4.69) is 108 Å². The van der Waals surface area contributed by atoms with Gasteiger partial charge in [0.1, 0.15) is 0 Å². The van der Waals surface area contributed by atoms with Crippen LogP contribution in [-0.2, 0) is 0 Å². The summed E-state index contributed by atoms with van der Waals surface area (Å²) in [4.78, 5) is 4.76. The molecule has 0 saturated carbocycles. The number of para-hydroxylation sites is 1. The van der Waals surface area contributed by atoms with Gasteiger partial charge >= 0.3 is 0 Å². The summed E-state index contributed by atoms with van der Waals surface area (Å²) in [7, 11) is 0. The number of rotatable bonds is 3. The van der Waals surface area contributed by atoms with Crippen molar-refractivity contribution < 1.29 is 0 Å². The number of allylic oxidation sites excluding steroid dienone is 2. The Hall–Kier alpha value is -3.65. The van der Waals surface area contributed by atoms with Gasteiger partial charge in [0, 0.05) is 23.4 Å². The topological polar surface area (TPSA) is 24.4 Å². The molecule has 3 atom stereocenters. The molecule has 31 heavy (non-hydrogen) atoms. The van der Waals surface area contributed by atoms with Gasteiger partial charge in [-0.1, -0.05) is 84.9 Å². The van der Waals surface area contributed by atoms with Gasteiger partial charge in [0.2, 0.25) is 0 Å². The molecule has 4 aromatic carbocycles. The predicted molar refractivity (Wildman–Crippen MR) is 130 cm³/mol. The molecule has 0 bridgehead atoms. The van der Waals surface area contributed by atoms with Crippen molar-refractivity contribution in [3.8, 4) is 0 Å². The number of nitrogens with one attached hydrogen (secondary N) is 1. The predicted octanol–water partition coefficient (Wildman–Crippen LogP) is 7.42. The van der Waals surface area contributed by atoms with Gasteiger partial charge in [-0.2, -0.15) is 0 Å². The summed E-state index contributed by atoms with van der Waals surface area (Å²) in [6, 6.07) is 32.6. The van der Waals surface area contributed by atoms with Crippen molar-refractivity contribution in [1.82, 2.24) is 0 Å². The summed E-state index contributed by atoms with van der Waals surface area (Å²) in [6.45, 7) is 0. The highest BCUT2D eigenvalue weighted by Crippen LogP contribution is 2.49. The van der Waals surface area contributed by atoms with Crippen LogP contribution in [0.2, 0.25) is 0 Å². The van der Waals surface area contributed by atoms with Crippen LogP contribution in [-0.4, -0.2) is 6.21 Å². The van der Waals surface area contributed by atoms with Crippen molar-refractivity contribution >= 4 is 28.4 Å². The van der Waals surface area contributed by atoms with Crippen LogP contribution in [0.4, 0.5) is 11.4 Å². The second kappa shape index (κ2) is 7.55. The molecule has 1 aliphatic heterocycles. The Morgan fingerprint density at radius 3 is 2.55 bits per heavy atom. The minimum atomic E-state index is 0.325. The number of anilines is 1. The maximum atomic E-state index is 4.76. The molecule has 150 valence electrons. The molecule has 0 spiro atoms. The lowest BCUT2D eigenvalue weighted by molar-refractivity contribution is 0.425. The number of hydrogen-bond donors (Lipinski definition) is 1. The Morgan fingerprint density at radius 2 is 1.61 bits per heavy atom. The fourth-order valence-electron chi connectivity index (χ4n) is 5.15. The van der Waals surface area contributed by atoms with Crippen LogP contribution in [0, 0.1) is 5.92 Å². The van der Waals surface area contributed by atoms with Crippen LogP contribution in [0.1, 0.15) is 35.1 Å². The molecule has 0 radical (unpaired) electrons. The molecule has 0 amide bonds. The number of fused-ring (bicyclic) bond motifs is 4. The van der Waals surface area contributed by atoms with E-state index in [1.165, 1.54) is 27.6 Å². The van der Waals surface area contributed by atoms with Crippen LogP contribution in [0.25, 0.3) is 10.8 Å². The lowest BCUT2D eigenvalue weighted by Gasteiger charge is -2.37. The molecule has 1 N–H and O–H groups in total. The standard InChI is InChI=1S/C29H24N2/c1-2-10-24-20(7-1)8-5-9-22(24)19-30-23-17-15-21(16-18-23)29-27-13-6-12-25(27)26-11-3-4-14-28(26)31-29/h1-12,14-19,25,27,29,31H,13H2/t25-,27+,29-/m1/s1. The summed E-state index contributed by atoms with van der Waals surface area (Å²) in [5.41, 5.74) is 6.14. The second-order valence-electron chi connectivity index (χ2n) is 8.48. The summed E-state index contributed by atoms with van der Waals surface area (Å²) >= 11 is 0. The van der Waals surface area contributed by atoms with Crippen molar-refractivity contribution in [2.45, 2.75) is 18.4 Å². The highest BCUT2D eigenvalue weighted by molar-refractivity contribution is 6.00. The zero-order chi connectivity index (χ0) is 20.6. The highest BCUT2D eigenvalue weighted by atomic mass is 15.0. The van der Waals surface area contributed by atoms with E-state index in [0.717, 1.165) is 17.7 Å². The van der Waals surface area contributed by atoms with E-state index in [4.69, 9.17) is 4.99 Å². The summed E-state index contributed by atoms with van der Waals surface area (Å²) in [5.74, 6) is 1.08. The molecule has 0 saturated heterocycles. The first-order chi connectivity index (χ1) is 15.4. The molecule has 1 aliphatic carbocycles. The molecule has 6 rings (SSSR count). The molecular weight excluding hydrogens is 376 g/mol. The first kappa shape index (κ1) is 18.1. The number of benzene rings is 4. The normalized spacial score (nSPS) is 21.7. The van der Waals surface area contributed by atoms with Gasteiger partial charge < -0.3 is 5.32 Å². The molecule has 2 aliphatic rings. The maximum absolute atomic E-state index is 4.76. The van der Waals surface area contributed by atoms with Crippen LogP contribution < -0.4 is 5.32 Å². The van der Waals surface area contributed by atoms with E-state index in [0.29, 0.717) is 17.9 Å². The van der Waals surface area contributed by atoms with Crippen LogP contribution in [0.15, 0.2) is 108 Å². The van der Waals surface area contributed by atoms with Crippen LogP contribution >= 0.6 is 0 Å². The quantitative estimate of drug-likeness (QED) is 0.281. The highest BCUT2D eigenvalue weighted by Gasteiger charge is 2.37. The fourth-order valence-corrected chi connectivity index (χ4v) is 5.15. The van der Waals surface area contributed by atoms with Crippen molar-refractivity contribution in [3.63, 3.8) is 0 Å². The van der Waals surface area contributed by atoms with Gasteiger partial charge in [0.05, 0.1) is 11.7 Å². The Morgan fingerprint density at radius 1 is 0.806 bits per heavy atom. The first-order valence-electron chi connectivity index (χ1n) is 11.0. The molecular formula is C29H24N2. The van der Waals surface area contributed by atoms with E-state index < -0.39 is 0 Å². The van der Waals surface area contributed by atoms with Crippen molar-refractivity contribution in [3.05, 3.63) is 120 Å². The fraction of sp³-hybridized carbons (Fsp3) is 0.138. The number of nitrogens with zero attached hydrogens (tertiary/aromatic N) is 1. The van der Waals surface area contributed by atoms with Gasteiger partial charge in [-0.15, -0.1) is 0 Å². The lowest BCUT2D eigenvalue weighted by Crippen LogP contribution is -2.28. The zero-order valence-electron chi connectivity index (χ0n) is 17.3. The van der Waals surface area contributed by atoms with E-state index in [1.807, 2.05) is 6.21 Å². The Labute approximate surface area is 183 Å². The molecule has 0 aromatic heterocycles. The minimum absolute atomic E-state index is 0.325. The van der Waals surface area contributed by atoms with Crippen LogP contribution in [0.5, 0.6) is 0 Å². The van der Waals surface area contributed by atoms with Gasteiger partial charge in [0.15, 0.2) is 0 Å². The second-order valence-corrected chi connectivity index (χ2v) is 8.48. The molecule has 2 nitrogen and oxygen atoms in total. The van der Waals surface area contributed by atoms with E-state index in [1.54, 1.807) is 0 Å². The van der Waals surface area contributed by atoms with Gasteiger partial charge in [-0.3, -0.25) is 4.99 Å². The van der Waals surface area contributed by atoms with Crippen molar-refractivity contribution in [2.24, 2.45) is 10.9 Å². The Kier molecular flexibility index (Phi) is 4.42. The zero-order valence-corrected chi connectivity index (χ0v) is 17.3. The first-order valence-corrected chi connectivity index (χ1v) is 11.0. The Balaban J connectivity index is 1.27. The molecule has 1 heterocycles. The Bertz CT molecular complexity index is 1290. The SMILES string of the molecule is C1=C[C@@H]2c3ccccc3N[C@H](c3ccc(N=Cc4cccc5ccccc45)cc3)[C@H]2C1. The summed E-state index contributed by atoms with van der Waals surface area (Å²) in [6.07, 6.45) is 7.83. The number of hydrogen-bond acceptors (Lipinski definition) is 2. The average molecular weight is 401 g/mol. The molecule has 0 fully saturated rings. The molecule has 2 heteroatoms. The molecule has 0 unspecified atom stereocenters. The monoisotopic (exact) mass is 400 g/mol. The maximum Gasteiger partial charge on any atom is 0.0630 e.